The molecule has 0 unspecified atom stereocenters. The minimum Gasteiger partial charge on any atom is -0.481 e. The third-order valence-electron chi connectivity index (χ3n) is 5.62. The summed E-state index contributed by atoms with van der Waals surface area (Å²) in [4.78, 5) is 24.2. The molecule has 2 N–H and O–H groups in total. The third-order valence-corrected chi connectivity index (χ3v) is 5.62. The van der Waals surface area contributed by atoms with Crippen LogP contribution in [0.15, 0.2) is 72.8 Å². The highest BCUT2D eigenvalue weighted by atomic mass is 16.5. The van der Waals surface area contributed by atoms with Crippen molar-refractivity contribution in [3.8, 4) is 29.2 Å². The van der Waals surface area contributed by atoms with E-state index in [-0.39, 0.29) is 25.6 Å². The maximum Gasteiger partial charge on any atom is 0.407 e. The van der Waals surface area contributed by atoms with Gasteiger partial charge >= 0.3 is 12.1 Å². The van der Waals surface area contributed by atoms with E-state index in [2.05, 4.69) is 23.4 Å². The zero-order chi connectivity index (χ0) is 23.2. The van der Waals surface area contributed by atoms with Crippen molar-refractivity contribution in [2.24, 2.45) is 0 Å². The number of amides is 1. The molecule has 0 aliphatic heterocycles. The first-order chi connectivity index (χ1) is 16.1. The zero-order valence-corrected chi connectivity index (χ0v) is 17.9. The summed E-state index contributed by atoms with van der Waals surface area (Å²) >= 11 is 0. The summed E-state index contributed by atoms with van der Waals surface area (Å²) in [6, 6.07) is 21.8. The lowest BCUT2D eigenvalue weighted by atomic mass is 9.98. The standard InChI is InChI=1S/C27H23NO5/c1-2-15-32-19-13-11-18(12-14-19)16-25(26(29)30)28-27(31)33-17-24-22-9-5-3-7-20(22)21-8-4-6-10-23(21)24/h1,3-14,24-25H,15-17H2,(H,28,31)(H,29,30)/t25-/m0/s1. The lowest BCUT2D eigenvalue weighted by Gasteiger charge is -2.17. The number of rotatable bonds is 8. The molecule has 0 aromatic heterocycles. The number of carboxylic acids is 1. The minimum absolute atomic E-state index is 0.0954. The Hall–Kier alpha value is -4.24. The molecule has 0 fully saturated rings. The molecule has 0 radical (unpaired) electrons. The fraction of sp³-hybridized carbons (Fsp3) is 0.185. The van der Waals surface area contributed by atoms with Crippen molar-refractivity contribution in [2.75, 3.05) is 13.2 Å². The zero-order valence-electron chi connectivity index (χ0n) is 17.9. The van der Waals surface area contributed by atoms with Gasteiger partial charge in [-0.25, -0.2) is 9.59 Å². The number of hydrogen-bond acceptors (Lipinski definition) is 4. The van der Waals surface area contributed by atoms with Crippen LogP contribution in [0.25, 0.3) is 11.1 Å². The fourth-order valence-electron chi connectivity index (χ4n) is 4.06. The molecular formula is C27H23NO5. The van der Waals surface area contributed by atoms with Gasteiger partial charge in [-0.15, -0.1) is 6.42 Å². The van der Waals surface area contributed by atoms with E-state index in [1.54, 1.807) is 24.3 Å². The molecule has 1 amide bonds. The van der Waals surface area contributed by atoms with Crippen molar-refractivity contribution in [2.45, 2.75) is 18.4 Å². The average molecular weight is 441 g/mol. The molecule has 0 spiro atoms. The number of carbonyl (C=O) groups excluding carboxylic acids is 1. The minimum atomic E-state index is -1.14. The van der Waals surface area contributed by atoms with Crippen LogP contribution in [0.4, 0.5) is 4.79 Å². The molecule has 4 rings (SSSR count). The number of alkyl carbamates (subject to hydrolysis) is 1. The van der Waals surface area contributed by atoms with Gasteiger partial charge in [-0.2, -0.15) is 0 Å². The Morgan fingerprint density at radius 3 is 2.15 bits per heavy atom. The summed E-state index contributed by atoms with van der Waals surface area (Å²) in [6.45, 7) is 0.272. The van der Waals surface area contributed by atoms with Gasteiger partial charge in [-0.05, 0) is 39.9 Å². The van der Waals surface area contributed by atoms with E-state index in [0.29, 0.717) is 5.75 Å². The lowest BCUT2D eigenvalue weighted by Crippen LogP contribution is -2.42. The predicted octanol–water partition coefficient (Wildman–Crippen LogP) is 4.23. The summed E-state index contributed by atoms with van der Waals surface area (Å²) in [5.74, 6) is 1.73. The summed E-state index contributed by atoms with van der Waals surface area (Å²) in [7, 11) is 0. The van der Waals surface area contributed by atoms with E-state index in [0.717, 1.165) is 27.8 Å². The Labute approximate surface area is 192 Å². The molecular weight excluding hydrogens is 418 g/mol. The van der Waals surface area contributed by atoms with E-state index in [9.17, 15) is 14.7 Å². The monoisotopic (exact) mass is 441 g/mol. The van der Waals surface area contributed by atoms with Gasteiger partial charge in [-0.3, -0.25) is 0 Å². The Bertz CT molecular complexity index is 1150. The molecule has 6 nitrogen and oxygen atoms in total. The lowest BCUT2D eigenvalue weighted by molar-refractivity contribution is -0.139. The van der Waals surface area contributed by atoms with E-state index in [1.807, 2.05) is 36.4 Å². The molecule has 166 valence electrons. The number of aliphatic carboxylic acids is 1. The third kappa shape index (κ3) is 4.99. The molecule has 33 heavy (non-hydrogen) atoms. The molecule has 3 aromatic carbocycles. The highest BCUT2D eigenvalue weighted by Gasteiger charge is 2.29. The first-order valence-corrected chi connectivity index (χ1v) is 10.6. The summed E-state index contributed by atoms with van der Waals surface area (Å²) < 4.78 is 10.8. The molecule has 0 saturated carbocycles. The number of nitrogens with one attached hydrogen (secondary N) is 1. The van der Waals surface area contributed by atoms with Crippen LogP contribution < -0.4 is 10.1 Å². The van der Waals surface area contributed by atoms with E-state index >= 15 is 0 Å². The van der Waals surface area contributed by atoms with Crippen LogP contribution in [0, 0.1) is 12.3 Å². The van der Waals surface area contributed by atoms with Gasteiger partial charge in [0.05, 0.1) is 0 Å². The van der Waals surface area contributed by atoms with Gasteiger partial charge in [0.15, 0.2) is 0 Å². The molecule has 0 heterocycles. The van der Waals surface area contributed by atoms with Crippen LogP contribution >= 0.6 is 0 Å². The van der Waals surface area contributed by atoms with Crippen molar-refractivity contribution in [1.82, 2.24) is 5.32 Å². The van der Waals surface area contributed by atoms with Gasteiger partial charge in [0.1, 0.15) is 25.0 Å². The Morgan fingerprint density at radius 2 is 1.58 bits per heavy atom. The molecule has 1 aliphatic rings. The number of hydrogen-bond donors (Lipinski definition) is 2. The number of carbonyl (C=O) groups is 2. The summed E-state index contributed by atoms with van der Waals surface area (Å²) in [6.07, 6.45) is 4.51. The van der Waals surface area contributed by atoms with Crippen molar-refractivity contribution in [3.63, 3.8) is 0 Å². The largest absolute Gasteiger partial charge is 0.481 e. The number of ether oxygens (including phenoxy) is 2. The first-order valence-electron chi connectivity index (χ1n) is 10.6. The van der Waals surface area contributed by atoms with Crippen LogP contribution in [0.3, 0.4) is 0 Å². The van der Waals surface area contributed by atoms with Crippen molar-refractivity contribution in [3.05, 3.63) is 89.5 Å². The summed E-state index contributed by atoms with van der Waals surface area (Å²) in [5.41, 5.74) is 5.16. The average Bonchev–Trinajstić information content (AvgIpc) is 3.15. The van der Waals surface area contributed by atoms with Gasteiger partial charge in [0, 0.05) is 12.3 Å². The molecule has 1 atom stereocenters. The number of carboxylic acid groups (broad SMARTS) is 1. The van der Waals surface area contributed by atoms with Crippen molar-refractivity contribution >= 4 is 12.1 Å². The van der Waals surface area contributed by atoms with Gasteiger partial charge in [0.25, 0.3) is 0 Å². The van der Waals surface area contributed by atoms with Crippen LogP contribution in [0.5, 0.6) is 5.75 Å². The van der Waals surface area contributed by atoms with Gasteiger partial charge in [-0.1, -0.05) is 66.6 Å². The van der Waals surface area contributed by atoms with Crippen LogP contribution in [-0.4, -0.2) is 36.4 Å². The van der Waals surface area contributed by atoms with Gasteiger partial charge < -0.3 is 19.9 Å². The highest BCUT2D eigenvalue weighted by molar-refractivity contribution is 5.81. The number of fused-ring (bicyclic) bond motifs is 3. The quantitative estimate of drug-likeness (QED) is 0.511. The second kappa shape index (κ2) is 9.92. The normalized spacial score (nSPS) is 12.7. The van der Waals surface area contributed by atoms with E-state index < -0.39 is 18.1 Å². The number of terminal acetylenes is 1. The van der Waals surface area contributed by atoms with E-state index in [4.69, 9.17) is 15.9 Å². The molecule has 0 saturated heterocycles. The molecule has 6 heteroatoms. The molecule has 3 aromatic rings. The Kier molecular flexibility index (Phi) is 6.61. The fourth-order valence-corrected chi connectivity index (χ4v) is 4.06. The first kappa shape index (κ1) is 22.0. The SMILES string of the molecule is C#CCOc1ccc(C[C@H](NC(=O)OCC2c3ccccc3-c3ccccc32)C(=O)O)cc1. The number of benzene rings is 3. The van der Waals surface area contributed by atoms with Crippen LogP contribution in [0.1, 0.15) is 22.6 Å². The maximum absolute atomic E-state index is 12.5. The van der Waals surface area contributed by atoms with Crippen LogP contribution in [-0.2, 0) is 16.0 Å². The maximum atomic E-state index is 12.5. The topological polar surface area (TPSA) is 84.9 Å². The molecule has 0 bridgehead atoms. The smallest absolute Gasteiger partial charge is 0.407 e. The van der Waals surface area contributed by atoms with Crippen molar-refractivity contribution in [1.29, 1.82) is 0 Å². The highest BCUT2D eigenvalue weighted by Crippen LogP contribution is 2.44. The predicted molar refractivity (Wildman–Crippen MR) is 124 cm³/mol. The van der Waals surface area contributed by atoms with Crippen LogP contribution in [0.2, 0.25) is 0 Å². The van der Waals surface area contributed by atoms with Crippen molar-refractivity contribution < 1.29 is 24.2 Å². The Balaban J connectivity index is 1.38. The summed E-state index contributed by atoms with van der Waals surface area (Å²) in [5, 5.41) is 12.0. The van der Waals surface area contributed by atoms with E-state index in [1.165, 1.54) is 0 Å². The second-order valence-corrected chi connectivity index (χ2v) is 7.70. The van der Waals surface area contributed by atoms with Gasteiger partial charge in [0.2, 0.25) is 0 Å². The Morgan fingerprint density at radius 1 is 0.970 bits per heavy atom. The second-order valence-electron chi connectivity index (χ2n) is 7.70. The molecule has 1 aliphatic carbocycles.